The quantitative estimate of drug-likeness (QED) is 0.742. The van der Waals surface area contributed by atoms with Crippen molar-refractivity contribution < 1.29 is 0 Å². The molecule has 0 saturated heterocycles. The van der Waals surface area contributed by atoms with Gasteiger partial charge in [0.1, 0.15) is 4.60 Å². The van der Waals surface area contributed by atoms with Crippen LogP contribution in [0.1, 0.15) is 26.5 Å². The molecule has 0 aliphatic rings. The molecule has 2 N–H and O–H groups in total. The summed E-state index contributed by atoms with van der Waals surface area (Å²) in [6.45, 7) is 6.25. The van der Waals surface area contributed by atoms with Gasteiger partial charge in [-0.1, -0.05) is 20.8 Å². The van der Waals surface area contributed by atoms with Crippen molar-refractivity contribution in [1.29, 1.82) is 0 Å². The topological polar surface area (TPSA) is 51.8 Å². The summed E-state index contributed by atoms with van der Waals surface area (Å²) in [7, 11) is 0. The van der Waals surface area contributed by atoms with E-state index in [0.717, 1.165) is 5.69 Å². The molecule has 1 heterocycles. The first kappa shape index (κ1) is 9.45. The van der Waals surface area contributed by atoms with Crippen LogP contribution in [0.25, 0.3) is 0 Å². The SMILES string of the molecule is CC(C)(C)c1cnc(N)c(Br)n1. The molecule has 1 aromatic rings. The Morgan fingerprint density at radius 3 is 2.42 bits per heavy atom. The highest BCUT2D eigenvalue weighted by molar-refractivity contribution is 9.10. The average Bonchev–Trinajstić information content (AvgIpc) is 1.92. The molecule has 0 unspecified atom stereocenters. The molecular formula is C8H12BrN3. The van der Waals surface area contributed by atoms with E-state index in [-0.39, 0.29) is 5.41 Å². The first-order valence-electron chi connectivity index (χ1n) is 3.70. The summed E-state index contributed by atoms with van der Waals surface area (Å²) < 4.78 is 0.620. The molecule has 66 valence electrons. The summed E-state index contributed by atoms with van der Waals surface area (Å²) in [5.74, 6) is 0.433. The molecule has 1 rings (SSSR count). The summed E-state index contributed by atoms with van der Waals surface area (Å²) in [6, 6.07) is 0. The fourth-order valence-electron chi connectivity index (χ4n) is 0.737. The van der Waals surface area contributed by atoms with Crippen molar-refractivity contribution in [2.75, 3.05) is 5.73 Å². The van der Waals surface area contributed by atoms with Gasteiger partial charge < -0.3 is 5.73 Å². The third-order valence-electron chi connectivity index (χ3n) is 1.52. The zero-order valence-corrected chi connectivity index (χ0v) is 9.01. The number of aromatic nitrogens is 2. The Kier molecular flexibility index (Phi) is 2.37. The molecule has 0 fully saturated rings. The van der Waals surface area contributed by atoms with E-state index in [1.165, 1.54) is 0 Å². The van der Waals surface area contributed by atoms with Crippen LogP contribution in [0.3, 0.4) is 0 Å². The van der Waals surface area contributed by atoms with Gasteiger partial charge in [0, 0.05) is 5.41 Å². The van der Waals surface area contributed by atoms with Gasteiger partial charge in [0.05, 0.1) is 11.9 Å². The second-order valence-electron chi connectivity index (χ2n) is 3.68. The summed E-state index contributed by atoms with van der Waals surface area (Å²) >= 11 is 3.24. The first-order valence-corrected chi connectivity index (χ1v) is 4.49. The van der Waals surface area contributed by atoms with Crippen LogP contribution in [-0.2, 0) is 5.41 Å². The second-order valence-corrected chi connectivity index (χ2v) is 4.43. The fourth-order valence-corrected chi connectivity index (χ4v) is 1.03. The number of rotatable bonds is 0. The molecule has 1 aromatic heterocycles. The van der Waals surface area contributed by atoms with E-state index in [4.69, 9.17) is 5.73 Å². The van der Waals surface area contributed by atoms with Crippen LogP contribution < -0.4 is 5.73 Å². The van der Waals surface area contributed by atoms with E-state index in [1.54, 1.807) is 6.20 Å². The number of hydrogen-bond acceptors (Lipinski definition) is 3. The molecule has 0 aliphatic carbocycles. The zero-order valence-electron chi connectivity index (χ0n) is 7.43. The standard InChI is InChI=1S/C8H12BrN3/c1-8(2,3)5-4-11-7(10)6(9)12-5/h4H,1-3H3,(H2,10,11). The molecule has 0 saturated carbocycles. The summed E-state index contributed by atoms with van der Waals surface area (Å²) in [6.07, 6.45) is 1.71. The van der Waals surface area contributed by atoms with Crippen LogP contribution in [0.4, 0.5) is 5.82 Å². The smallest absolute Gasteiger partial charge is 0.156 e. The summed E-state index contributed by atoms with van der Waals surface area (Å²) in [5.41, 5.74) is 6.46. The third kappa shape index (κ3) is 1.94. The second kappa shape index (κ2) is 3.01. The van der Waals surface area contributed by atoms with E-state index < -0.39 is 0 Å². The Morgan fingerprint density at radius 1 is 1.42 bits per heavy atom. The van der Waals surface area contributed by atoms with Crippen molar-refractivity contribution in [3.05, 3.63) is 16.5 Å². The summed E-state index contributed by atoms with van der Waals surface area (Å²) in [5, 5.41) is 0. The molecular weight excluding hydrogens is 218 g/mol. The van der Waals surface area contributed by atoms with Gasteiger partial charge in [0.25, 0.3) is 0 Å². The Morgan fingerprint density at radius 2 is 2.00 bits per heavy atom. The van der Waals surface area contributed by atoms with Crippen molar-refractivity contribution in [2.45, 2.75) is 26.2 Å². The van der Waals surface area contributed by atoms with E-state index in [9.17, 15) is 0 Å². The van der Waals surface area contributed by atoms with Gasteiger partial charge in [-0.2, -0.15) is 0 Å². The predicted molar refractivity (Wildman–Crippen MR) is 52.8 cm³/mol. The van der Waals surface area contributed by atoms with Gasteiger partial charge in [-0.05, 0) is 15.9 Å². The molecule has 12 heavy (non-hydrogen) atoms. The molecule has 0 bridgehead atoms. The van der Waals surface area contributed by atoms with Crippen LogP contribution in [0.2, 0.25) is 0 Å². The lowest BCUT2D eigenvalue weighted by molar-refractivity contribution is 0.564. The minimum absolute atomic E-state index is 0.0171. The van der Waals surface area contributed by atoms with Crippen molar-refractivity contribution in [2.24, 2.45) is 0 Å². The molecule has 0 aromatic carbocycles. The predicted octanol–water partition coefficient (Wildman–Crippen LogP) is 2.12. The Labute approximate surface area is 80.5 Å². The molecule has 0 radical (unpaired) electrons. The van der Waals surface area contributed by atoms with Crippen molar-refractivity contribution >= 4 is 21.7 Å². The highest BCUT2D eigenvalue weighted by Gasteiger charge is 2.16. The van der Waals surface area contributed by atoms with E-state index in [1.807, 2.05) is 0 Å². The molecule has 0 atom stereocenters. The number of anilines is 1. The van der Waals surface area contributed by atoms with Gasteiger partial charge in [-0.25, -0.2) is 9.97 Å². The average molecular weight is 230 g/mol. The highest BCUT2D eigenvalue weighted by atomic mass is 79.9. The number of nitrogen functional groups attached to an aromatic ring is 1. The molecule has 0 aliphatic heterocycles. The molecule has 0 amide bonds. The number of halogens is 1. The van der Waals surface area contributed by atoms with Crippen LogP contribution in [0.15, 0.2) is 10.8 Å². The minimum Gasteiger partial charge on any atom is -0.381 e. The maximum atomic E-state index is 5.51. The minimum atomic E-state index is 0.0171. The van der Waals surface area contributed by atoms with Gasteiger partial charge in [0.15, 0.2) is 5.82 Å². The van der Waals surface area contributed by atoms with Crippen molar-refractivity contribution in [3.63, 3.8) is 0 Å². The van der Waals surface area contributed by atoms with Crippen LogP contribution in [-0.4, -0.2) is 9.97 Å². The van der Waals surface area contributed by atoms with E-state index in [2.05, 4.69) is 46.7 Å². The normalized spacial score (nSPS) is 11.7. The van der Waals surface area contributed by atoms with Gasteiger partial charge in [-0.15, -0.1) is 0 Å². The van der Waals surface area contributed by atoms with Gasteiger partial charge >= 0.3 is 0 Å². The van der Waals surface area contributed by atoms with Gasteiger partial charge in [0.2, 0.25) is 0 Å². The maximum Gasteiger partial charge on any atom is 0.156 e. The van der Waals surface area contributed by atoms with Crippen molar-refractivity contribution in [3.8, 4) is 0 Å². The largest absolute Gasteiger partial charge is 0.381 e. The number of nitrogens with zero attached hydrogens (tertiary/aromatic N) is 2. The van der Waals surface area contributed by atoms with E-state index >= 15 is 0 Å². The lowest BCUT2D eigenvalue weighted by Crippen LogP contribution is -2.14. The maximum absolute atomic E-state index is 5.51. The molecule has 0 spiro atoms. The van der Waals surface area contributed by atoms with E-state index in [0.29, 0.717) is 10.4 Å². The van der Waals surface area contributed by atoms with Crippen LogP contribution in [0, 0.1) is 0 Å². The third-order valence-corrected chi connectivity index (χ3v) is 2.11. The number of hydrogen-bond donors (Lipinski definition) is 1. The molecule has 4 heteroatoms. The Hall–Kier alpha value is -0.640. The highest BCUT2D eigenvalue weighted by Crippen LogP contribution is 2.22. The molecule has 3 nitrogen and oxygen atoms in total. The van der Waals surface area contributed by atoms with Crippen LogP contribution >= 0.6 is 15.9 Å². The fraction of sp³-hybridized carbons (Fsp3) is 0.500. The van der Waals surface area contributed by atoms with Gasteiger partial charge in [-0.3, -0.25) is 0 Å². The monoisotopic (exact) mass is 229 g/mol. The van der Waals surface area contributed by atoms with Crippen LogP contribution in [0.5, 0.6) is 0 Å². The lowest BCUT2D eigenvalue weighted by Gasteiger charge is -2.17. The van der Waals surface area contributed by atoms with Crippen molar-refractivity contribution in [1.82, 2.24) is 9.97 Å². The summed E-state index contributed by atoms with van der Waals surface area (Å²) in [4.78, 5) is 8.29. The Bertz CT molecular complexity index is 291. The lowest BCUT2D eigenvalue weighted by atomic mass is 9.93. The Balaban J connectivity index is 3.14. The number of nitrogens with two attached hydrogens (primary N) is 1. The zero-order chi connectivity index (χ0) is 9.35. The first-order chi connectivity index (χ1) is 5.41.